The van der Waals surface area contributed by atoms with Crippen molar-refractivity contribution in [2.75, 3.05) is 26.0 Å². The van der Waals surface area contributed by atoms with Gasteiger partial charge in [-0.1, -0.05) is 35.4 Å². The maximum Gasteiger partial charge on any atom is 0.221 e. The smallest absolute Gasteiger partial charge is 0.221 e. The highest BCUT2D eigenvalue weighted by molar-refractivity contribution is 14.0. The second kappa shape index (κ2) is 12.3. The zero-order valence-corrected chi connectivity index (χ0v) is 20.1. The second-order valence-corrected chi connectivity index (χ2v) is 6.81. The van der Waals surface area contributed by atoms with Crippen LogP contribution in [0.3, 0.4) is 0 Å². The van der Waals surface area contributed by atoms with Gasteiger partial charge in [-0.3, -0.25) is 9.79 Å². The van der Waals surface area contributed by atoms with Crippen LogP contribution in [0.15, 0.2) is 41.4 Å². The number of carbonyl (C=O) groups is 1. The number of hydrogen-bond donors (Lipinski definition) is 3. The molecule has 0 aliphatic heterocycles. The number of halogens is 1. The minimum absolute atomic E-state index is 0. The molecular formula is C22H31IN4O2. The van der Waals surface area contributed by atoms with Crippen molar-refractivity contribution in [1.29, 1.82) is 0 Å². The molecule has 0 radical (unpaired) electrons. The molecule has 7 heteroatoms. The van der Waals surface area contributed by atoms with Crippen molar-refractivity contribution in [2.45, 2.75) is 33.7 Å². The summed E-state index contributed by atoms with van der Waals surface area (Å²) in [5, 5.41) is 9.43. The molecule has 0 spiro atoms. The number of carbonyl (C=O) groups excluding carboxylic acids is 1. The molecule has 0 aliphatic carbocycles. The number of aliphatic imine (C=N–C) groups is 1. The predicted molar refractivity (Wildman–Crippen MR) is 131 cm³/mol. The van der Waals surface area contributed by atoms with Crippen LogP contribution < -0.4 is 20.7 Å². The minimum atomic E-state index is -0.132. The summed E-state index contributed by atoms with van der Waals surface area (Å²) in [6.07, 6.45) is 0.929. The number of ether oxygens (including phenoxy) is 1. The molecule has 0 heterocycles. The van der Waals surface area contributed by atoms with Crippen LogP contribution >= 0.6 is 24.0 Å². The van der Waals surface area contributed by atoms with Crippen molar-refractivity contribution in [3.63, 3.8) is 0 Å². The first kappa shape index (κ1) is 24.7. The van der Waals surface area contributed by atoms with E-state index in [0.717, 1.165) is 24.5 Å². The third kappa shape index (κ3) is 8.31. The van der Waals surface area contributed by atoms with Crippen molar-refractivity contribution >= 4 is 41.5 Å². The van der Waals surface area contributed by atoms with E-state index in [-0.39, 0.29) is 29.9 Å². The Bertz CT molecular complexity index is 832. The van der Waals surface area contributed by atoms with E-state index in [9.17, 15) is 4.79 Å². The number of anilines is 1. The molecule has 3 N–H and O–H groups in total. The average Bonchev–Trinajstić information content (AvgIpc) is 2.63. The highest BCUT2D eigenvalue weighted by Gasteiger charge is 2.07. The summed E-state index contributed by atoms with van der Waals surface area (Å²) in [5.41, 5.74) is 5.56. The van der Waals surface area contributed by atoms with E-state index < -0.39 is 0 Å². The van der Waals surface area contributed by atoms with Crippen LogP contribution in [0.4, 0.5) is 5.69 Å². The lowest BCUT2D eigenvalue weighted by atomic mass is 10.1. The molecule has 0 saturated carbocycles. The average molecular weight is 510 g/mol. The van der Waals surface area contributed by atoms with Crippen molar-refractivity contribution < 1.29 is 9.53 Å². The van der Waals surface area contributed by atoms with Gasteiger partial charge >= 0.3 is 0 Å². The maximum atomic E-state index is 11.4. The van der Waals surface area contributed by atoms with Crippen LogP contribution in [0.5, 0.6) is 5.75 Å². The summed E-state index contributed by atoms with van der Waals surface area (Å²) in [7, 11) is 3.34. The normalized spacial score (nSPS) is 10.7. The molecule has 2 aromatic rings. The number of benzene rings is 2. The number of methoxy groups -OCH3 is 1. The summed E-state index contributed by atoms with van der Waals surface area (Å²) in [4.78, 5) is 15.6. The van der Waals surface area contributed by atoms with E-state index in [2.05, 4.69) is 53.0 Å². The van der Waals surface area contributed by atoms with Crippen LogP contribution in [0.25, 0.3) is 0 Å². The standard InChI is InChI=1S/C22H30N4O2.HI/c1-15-10-16(2)12-18(11-15)8-9-24-22(23-4)25-14-19-6-7-21(28-5)20(13-19)26-17(3)27;/h6-7,10-13H,8-9,14H2,1-5H3,(H,26,27)(H2,23,24,25);1H. The van der Waals surface area contributed by atoms with E-state index in [1.165, 1.54) is 23.6 Å². The Morgan fingerprint density at radius 2 is 1.72 bits per heavy atom. The Balaban J connectivity index is 0.00000420. The van der Waals surface area contributed by atoms with Crippen LogP contribution in [-0.2, 0) is 17.8 Å². The zero-order valence-electron chi connectivity index (χ0n) is 17.8. The highest BCUT2D eigenvalue weighted by atomic mass is 127. The van der Waals surface area contributed by atoms with Gasteiger partial charge in [0.1, 0.15) is 5.75 Å². The second-order valence-electron chi connectivity index (χ2n) is 6.81. The Kier molecular flexibility index (Phi) is 10.5. The van der Waals surface area contributed by atoms with Gasteiger partial charge in [0.05, 0.1) is 12.8 Å². The van der Waals surface area contributed by atoms with Gasteiger partial charge in [-0.25, -0.2) is 0 Å². The molecule has 0 fully saturated rings. The van der Waals surface area contributed by atoms with Crippen molar-refractivity contribution in [3.05, 3.63) is 58.7 Å². The fourth-order valence-corrected chi connectivity index (χ4v) is 3.10. The zero-order chi connectivity index (χ0) is 20.5. The molecule has 2 rings (SSSR count). The third-order valence-electron chi connectivity index (χ3n) is 4.25. The Labute approximate surface area is 190 Å². The largest absolute Gasteiger partial charge is 0.495 e. The predicted octanol–water partition coefficient (Wildman–Crippen LogP) is 3.80. The SMILES string of the molecule is CN=C(NCCc1cc(C)cc(C)c1)NCc1ccc(OC)c(NC(C)=O)c1.I. The number of aryl methyl sites for hydroxylation is 2. The van der Waals surface area contributed by atoms with Gasteiger partial charge < -0.3 is 20.7 Å². The Hall–Kier alpha value is -2.29. The fourth-order valence-electron chi connectivity index (χ4n) is 3.10. The van der Waals surface area contributed by atoms with Gasteiger partial charge in [0.25, 0.3) is 0 Å². The minimum Gasteiger partial charge on any atom is -0.495 e. The maximum absolute atomic E-state index is 11.4. The first-order chi connectivity index (χ1) is 13.4. The Morgan fingerprint density at radius 1 is 1.03 bits per heavy atom. The van der Waals surface area contributed by atoms with E-state index >= 15 is 0 Å². The molecule has 0 aliphatic rings. The molecule has 29 heavy (non-hydrogen) atoms. The summed E-state index contributed by atoms with van der Waals surface area (Å²) >= 11 is 0. The lowest BCUT2D eigenvalue weighted by Crippen LogP contribution is -2.37. The summed E-state index contributed by atoms with van der Waals surface area (Å²) < 4.78 is 5.29. The topological polar surface area (TPSA) is 74.8 Å². The number of amides is 1. The number of hydrogen-bond acceptors (Lipinski definition) is 3. The molecule has 0 unspecified atom stereocenters. The number of rotatable bonds is 7. The monoisotopic (exact) mass is 510 g/mol. The molecule has 2 aromatic carbocycles. The third-order valence-corrected chi connectivity index (χ3v) is 4.25. The molecule has 0 atom stereocenters. The van der Waals surface area contributed by atoms with Crippen LogP contribution in [0.1, 0.15) is 29.2 Å². The van der Waals surface area contributed by atoms with Crippen molar-refractivity contribution in [2.24, 2.45) is 4.99 Å². The van der Waals surface area contributed by atoms with Gasteiger partial charge in [0, 0.05) is 27.1 Å². The van der Waals surface area contributed by atoms with Gasteiger partial charge in [-0.05, 0) is 43.5 Å². The Morgan fingerprint density at radius 3 is 2.31 bits per heavy atom. The van der Waals surface area contributed by atoms with Crippen molar-refractivity contribution in [1.82, 2.24) is 10.6 Å². The first-order valence-corrected chi connectivity index (χ1v) is 9.37. The summed E-state index contributed by atoms with van der Waals surface area (Å²) in [5.74, 6) is 1.24. The molecular weight excluding hydrogens is 479 g/mol. The highest BCUT2D eigenvalue weighted by Crippen LogP contribution is 2.25. The number of nitrogens with zero attached hydrogens (tertiary/aromatic N) is 1. The molecule has 158 valence electrons. The summed E-state index contributed by atoms with van der Waals surface area (Å²) in [6.45, 7) is 7.09. The first-order valence-electron chi connectivity index (χ1n) is 9.37. The van der Waals surface area contributed by atoms with Gasteiger partial charge in [0.15, 0.2) is 5.96 Å². The molecule has 6 nitrogen and oxygen atoms in total. The van der Waals surface area contributed by atoms with Crippen LogP contribution in [0.2, 0.25) is 0 Å². The van der Waals surface area contributed by atoms with Gasteiger partial charge in [-0.2, -0.15) is 0 Å². The van der Waals surface area contributed by atoms with E-state index in [4.69, 9.17) is 4.74 Å². The van der Waals surface area contributed by atoms with E-state index in [1.807, 2.05) is 18.2 Å². The van der Waals surface area contributed by atoms with Crippen LogP contribution in [-0.4, -0.2) is 32.6 Å². The lowest BCUT2D eigenvalue weighted by molar-refractivity contribution is -0.114. The number of guanidine groups is 1. The molecule has 1 amide bonds. The lowest BCUT2D eigenvalue weighted by Gasteiger charge is -2.14. The van der Waals surface area contributed by atoms with Crippen molar-refractivity contribution in [3.8, 4) is 5.75 Å². The fraction of sp³-hybridized carbons (Fsp3) is 0.364. The molecule has 0 aromatic heterocycles. The van der Waals surface area contributed by atoms with Gasteiger partial charge in [-0.15, -0.1) is 24.0 Å². The number of nitrogens with one attached hydrogen (secondary N) is 3. The van der Waals surface area contributed by atoms with Crippen LogP contribution in [0, 0.1) is 13.8 Å². The quantitative estimate of drug-likeness (QED) is 0.301. The molecule has 0 bridgehead atoms. The summed E-state index contributed by atoms with van der Waals surface area (Å²) in [6, 6.07) is 12.3. The van der Waals surface area contributed by atoms with E-state index in [1.54, 1.807) is 14.2 Å². The van der Waals surface area contributed by atoms with E-state index in [0.29, 0.717) is 18.0 Å². The molecule has 0 saturated heterocycles. The van der Waals surface area contributed by atoms with Gasteiger partial charge in [0.2, 0.25) is 5.91 Å².